The molecule has 0 aliphatic heterocycles. The Morgan fingerprint density at radius 3 is 2.17 bits per heavy atom. The molecule has 0 aliphatic rings. The third-order valence-corrected chi connectivity index (χ3v) is 5.54. The second-order valence-corrected chi connectivity index (χ2v) is 10.8. The Balaban J connectivity index is 4.26. The van der Waals surface area contributed by atoms with Crippen molar-refractivity contribution in [1.82, 2.24) is 5.32 Å². The van der Waals surface area contributed by atoms with Crippen molar-refractivity contribution in [3.63, 3.8) is 0 Å². The van der Waals surface area contributed by atoms with Crippen LogP contribution in [0.2, 0.25) is 0 Å². The van der Waals surface area contributed by atoms with E-state index in [1.54, 1.807) is 0 Å². The topological polar surface area (TPSA) is 87.7 Å². The highest BCUT2D eigenvalue weighted by atomic mass is 31.2. The molecule has 1 amide bonds. The van der Waals surface area contributed by atoms with Crippen molar-refractivity contribution < 1.29 is 27.8 Å². The number of phosphoric acid groups is 1. The zero-order valence-corrected chi connectivity index (χ0v) is 20.5. The molecule has 7 nitrogen and oxygen atoms in total. The Morgan fingerprint density at radius 2 is 1.62 bits per heavy atom. The summed E-state index contributed by atoms with van der Waals surface area (Å²) in [5.41, 5.74) is 0. The van der Waals surface area contributed by atoms with Crippen LogP contribution in [0, 0.1) is 5.92 Å². The summed E-state index contributed by atoms with van der Waals surface area (Å²) >= 11 is 0. The minimum Gasteiger partial charge on any atom is -0.756 e. The van der Waals surface area contributed by atoms with E-state index in [9.17, 15) is 14.3 Å². The molecule has 29 heavy (non-hydrogen) atoms. The highest BCUT2D eigenvalue weighted by molar-refractivity contribution is 7.45. The number of likely N-dealkylation sites (N-methyl/N-ethyl adjacent to an activating group) is 1. The molecule has 0 bridgehead atoms. The van der Waals surface area contributed by atoms with Crippen LogP contribution in [-0.4, -0.2) is 57.3 Å². The van der Waals surface area contributed by atoms with E-state index in [1.807, 2.05) is 35.0 Å². The van der Waals surface area contributed by atoms with Crippen LogP contribution in [-0.2, 0) is 18.4 Å². The number of hydrogen-bond acceptors (Lipinski definition) is 5. The largest absolute Gasteiger partial charge is 0.756 e. The minimum atomic E-state index is -4.37. The fraction of sp³-hybridized carbons (Fsp3) is 0.952. The molecular weight excluding hydrogens is 391 g/mol. The predicted molar refractivity (Wildman–Crippen MR) is 116 cm³/mol. The zero-order chi connectivity index (χ0) is 22.3. The Bertz CT molecular complexity index is 480. The average Bonchev–Trinajstić information content (AvgIpc) is 2.57. The quantitative estimate of drug-likeness (QED) is 0.200. The number of amides is 1. The Kier molecular flexibility index (Phi) is 15.1. The number of nitrogens with one attached hydrogen (secondary N) is 1. The second-order valence-electron chi connectivity index (χ2n) is 9.36. The fourth-order valence-corrected chi connectivity index (χ4v) is 3.67. The molecular formula is C21H45N2O5P. The van der Waals surface area contributed by atoms with Crippen LogP contribution in [0.3, 0.4) is 0 Å². The number of hydrogen-bond donors (Lipinski definition) is 1. The van der Waals surface area contributed by atoms with Crippen LogP contribution in [0.15, 0.2) is 0 Å². The van der Waals surface area contributed by atoms with E-state index >= 15 is 0 Å². The van der Waals surface area contributed by atoms with Gasteiger partial charge in [0.1, 0.15) is 13.2 Å². The second kappa shape index (κ2) is 15.4. The molecule has 1 unspecified atom stereocenters. The van der Waals surface area contributed by atoms with E-state index < -0.39 is 7.82 Å². The van der Waals surface area contributed by atoms with Crippen molar-refractivity contribution in [2.75, 3.05) is 40.9 Å². The number of rotatable bonds is 18. The molecule has 174 valence electrons. The van der Waals surface area contributed by atoms with Gasteiger partial charge in [0.2, 0.25) is 5.91 Å². The maximum absolute atomic E-state index is 12.2. The number of unbranched alkanes of at least 4 members (excludes halogenated alkanes) is 6. The van der Waals surface area contributed by atoms with Gasteiger partial charge in [-0.1, -0.05) is 59.3 Å². The van der Waals surface area contributed by atoms with Crippen molar-refractivity contribution in [3.8, 4) is 0 Å². The lowest BCUT2D eigenvalue weighted by Gasteiger charge is -2.29. The molecule has 0 aromatic carbocycles. The minimum absolute atomic E-state index is 0.0421. The van der Waals surface area contributed by atoms with E-state index in [1.165, 1.54) is 25.7 Å². The van der Waals surface area contributed by atoms with E-state index in [-0.39, 0.29) is 25.2 Å². The zero-order valence-electron chi connectivity index (χ0n) is 19.6. The van der Waals surface area contributed by atoms with Crippen molar-refractivity contribution >= 4 is 13.7 Å². The van der Waals surface area contributed by atoms with Crippen molar-refractivity contribution in [3.05, 3.63) is 0 Å². The lowest BCUT2D eigenvalue weighted by molar-refractivity contribution is -0.870. The van der Waals surface area contributed by atoms with Crippen LogP contribution in [0.4, 0.5) is 0 Å². The molecule has 1 N–H and O–H groups in total. The van der Waals surface area contributed by atoms with Gasteiger partial charge in [-0.25, -0.2) is 0 Å². The summed E-state index contributed by atoms with van der Waals surface area (Å²) in [4.78, 5) is 24.2. The van der Waals surface area contributed by atoms with Crippen LogP contribution in [0.1, 0.15) is 78.6 Å². The number of nitrogens with zero attached hydrogens (tertiary/aromatic N) is 1. The lowest BCUT2D eigenvalue weighted by Crippen LogP contribution is -2.39. The third-order valence-electron chi connectivity index (χ3n) is 4.57. The number of carbonyl (C=O) groups excluding carboxylic acids is 1. The molecule has 0 rings (SSSR count). The van der Waals surface area contributed by atoms with Crippen LogP contribution >= 0.6 is 7.82 Å². The monoisotopic (exact) mass is 436 g/mol. The summed E-state index contributed by atoms with van der Waals surface area (Å²) < 4.78 is 22.6. The molecule has 0 aromatic heterocycles. The van der Waals surface area contributed by atoms with Gasteiger partial charge in [0.05, 0.1) is 33.8 Å². The highest BCUT2D eigenvalue weighted by Crippen LogP contribution is 2.38. The third kappa shape index (κ3) is 19.3. The van der Waals surface area contributed by atoms with Crippen molar-refractivity contribution in [2.45, 2.75) is 84.6 Å². The molecule has 0 spiro atoms. The summed E-state index contributed by atoms with van der Waals surface area (Å²) in [7, 11) is 1.50. The normalized spacial score (nSPS) is 15.3. The van der Waals surface area contributed by atoms with Crippen LogP contribution in [0.5, 0.6) is 0 Å². The van der Waals surface area contributed by atoms with E-state index in [2.05, 4.69) is 12.2 Å². The lowest BCUT2D eigenvalue weighted by atomic mass is 10.0. The first kappa shape index (κ1) is 28.5. The van der Waals surface area contributed by atoms with Gasteiger partial charge in [0, 0.05) is 6.42 Å². The van der Waals surface area contributed by atoms with Gasteiger partial charge in [0.15, 0.2) is 0 Å². The Morgan fingerprint density at radius 1 is 1.03 bits per heavy atom. The van der Waals surface area contributed by atoms with E-state index in [4.69, 9.17) is 9.05 Å². The number of phosphoric ester groups is 1. The first-order valence-corrected chi connectivity index (χ1v) is 12.6. The van der Waals surface area contributed by atoms with Crippen molar-refractivity contribution in [1.29, 1.82) is 0 Å². The van der Waals surface area contributed by atoms with E-state index in [0.717, 1.165) is 19.3 Å². The predicted octanol–water partition coefficient (Wildman–Crippen LogP) is 3.87. The van der Waals surface area contributed by atoms with Gasteiger partial charge in [-0.3, -0.25) is 9.36 Å². The number of carbonyl (C=O) groups is 1. The SMILES string of the molecule is CCCCCCCCCC(=O)N[C@H](COP(=O)([O-])OCC[N+](C)(C)C)CC(C)C. The highest BCUT2D eigenvalue weighted by Gasteiger charge is 2.19. The molecule has 0 radical (unpaired) electrons. The summed E-state index contributed by atoms with van der Waals surface area (Å²) in [6, 6.07) is -0.337. The first-order chi connectivity index (χ1) is 13.4. The summed E-state index contributed by atoms with van der Waals surface area (Å²) in [5, 5.41) is 2.93. The van der Waals surface area contributed by atoms with Gasteiger partial charge in [0.25, 0.3) is 7.82 Å². The molecule has 0 heterocycles. The van der Waals surface area contributed by atoms with Crippen LogP contribution in [0.25, 0.3) is 0 Å². The summed E-state index contributed by atoms with van der Waals surface area (Å²) in [6.07, 6.45) is 9.21. The smallest absolute Gasteiger partial charge is 0.268 e. The Hall–Kier alpha value is -0.460. The van der Waals surface area contributed by atoms with E-state index in [0.29, 0.717) is 29.8 Å². The fourth-order valence-electron chi connectivity index (χ4n) is 2.93. The summed E-state index contributed by atoms with van der Waals surface area (Å²) in [5.74, 6) is 0.270. The summed E-state index contributed by atoms with van der Waals surface area (Å²) in [6.45, 7) is 6.80. The maximum atomic E-state index is 12.2. The van der Waals surface area contributed by atoms with Gasteiger partial charge in [-0.05, 0) is 18.8 Å². The molecule has 0 aromatic rings. The molecule has 0 saturated carbocycles. The average molecular weight is 437 g/mol. The van der Waals surface area contributed by atoms with Crippen molar-refractivity contribution in [2.24, 2.45) is 5.92 Å². The molecule has 0 aliphatic carbocycles. The molecule has 0 fully saturated rings. The van der Waals surface area contributed by atoms with Gasteiger partial charge < -0.3 is 23.7 Å². The molecule has 0 saturated heterocycles. The number of quaternary nitrogens is 1. The Labute approximate surface area is 178 Å². The first-order valence-electron chi connectivity index (χ1n) is 11.1. The van der Waals surface area contributed by atoms with Crippen LogP contribution < -0.4 is 10.2 Å². The molecule has 2 atom stereocenters. The van der Waals surface area contributed by atoms with Gasteiger partial charge in [-0.15, -0.1) is 0 Å². The maximum Gasteiger partial charge on any atom is 0.268 e. The molecule has 8 heteroatoms. The standard InChI is InChI=1S/C21H45N2O5P/c1-7-8-9-10-11-12-13-14-21(24)22-20(17-19(2)3)18-28-29(25,26)27-16-15-23(4,5)6/h19-20H,7-18H2,1-6H3,(H-,22,24,25,26)/t20-/m0/s1. The van der Waals surface area contributed by atoms with Gasteiger partial charge in [-0.2, -0.15) is 0 Å². The van der Waals surface area contributed by atoms with Gasteiger partial charge >= 0.3 is 0 Å².